The van der Waals surface area contributed by atoms with Crippen molar-refractivity contribution in [3.8, 4) is 17.2 Å². The van der Waals surface area contributed by atoms with Gasteiger partial charge in [0.25, 0.3) is 5.91 Å². The van der Waals surface area contributed by atoms with E-state index in [4.69, 9.17) is 34.2 Å². The number of nitrogens with one attached hydrogen (secondary N) is 1. The van der Waals surface area contributed by atoms with Crippen LogP contribution in [0, 0.1) is 5.92 Å². The van der Waals surface area contributed by atoms with Crippen LogP contribution < -0.4 is 15.8 Å². The molecule has 0 bridgehead atoms. The number of phenolic OH excluding ortho intramolecular Hbond substituents is 2. The van der Waals surface area contributed by atoms with Gasteiger partial charge in [0, 0.05) is 68.2 Å². The zero-order chi connectivity index (χ0) is 35.9. The lowest BCUT2D eigenvalue weighted by atomic mass is 9.72. The highest BCUT2D eigenvalue weighted by Crippen LogP contribution is 2.53. The Morgan fingerprint density at radius 1 is 1.08 bits per heavy atom. The SMILES string of the molecule is COc1cccc2c1C(=O)c1c(O)c3c(c(O)c1C2=O)C[C@@](O)(C(=O)NCC1CC(N)C1)C[C@@H]3O[C@H]1C[C@H]2[C@H](O[C@@H]3[C@@H](OC)OCCN32)[C@H](C)O1. The van der Waals surface area contributed by atoms with Crippen molar-refractivity contribution in [3.05, 3.63) is 51.6 Å². The van der Waals surface area contributed by atoms with Crippen LogP contribution in [-0.4, -0.2) is 120 Å². The van der Waals surface area contributed by atoms with Crippen molar-refractivity contribution in [2.24, 2.45) is 11.7 Å². The molecule has 1 saturated carbocycles. The van der Waals surface area contributed by atoms with E-state index in [0.717, 1.165) is 12.8 Å². The minimum Gasteiger partial charge on any atom is -0.507 e. The van der Waals surface area contributed by atoms with Gasteiger partial charge in [-0.05, 0) is 31.7 Å². The monoisotopic (exact) mass is 709 g/mol. The van der Waals surface area contributed by atoms with Crippen LogP contribution in [0.15, 0.2) is 18.2 Å². The number of hydrogen-bond acceptors (Lipinski definition) is 14. The maximum Gasteiger partial charge on any atom is 0.252 e. The summed E-state index contributed by atoms with van der Waals surface area (Å²) >= 11 is 0. The summed E-state index contributed by atoms with van der Waals surface area (Å²) in [5.41, 5.74) is 2.87. The molecule has 0 spiro atoms. The summed E-state index contributed by atoms with van der Waals surface area (Å²) in [5.74, 6) is -3.01. The molecule has 3 aliphatic carbocycles. The van der Waals surface area contributed by atoms with Gasteiger partial charge in [0.1, 0.15) is 29.0 Å². The van der Waals surface area contributed by atoms with Crippen LogP contribution in [0.2, 0.25) is 0 Å². The second kappa shape index (κ2) is 12.8. The number of benzene rings is 2. The Balaban J connectivity index is 1.17. The van der Waals surface area contributed by atoms with Gasteiger partial charge in [-0.15, -0.1) is 0 Å². The van der Waals surface area contributed by atoms with E-state index in [1.54, 1.807) is 13.2 Å². The third kappa shape index (κ3) is 5.44. The third-order valence-electron chi connectivity index (χ3n) is 11.4. The van der Waals surface area contributed by atoms with Crippen LogP contribution in [0.4, 0.5) is 0 Å². The molecule has 2 aromatic carbocycles. The molecule has 3 saturated heterocycles. The van der Waals surface area contributed by atoms with Gasteiger partial charge < -0.3 is 54.8 Å². The first-order valence-corrected chi connectivity index (χ1v) is 17.4. The van der Waals surface area contributed by atoms with E-state index in [1.807, 2.05) is 6.92 Å². The number of aromatic hydroxyl groups is 2. The third-order valence-corrected chi connectivity index (χ3v) is 11.4. The van der Waals surface area contributed by atoms with E-state index >= 15 is 0 Å². The Bertz CT molecular complexity index is 1780. The summed E-state index contributed by atoms with van der Waals surface area (Å²) in [5, 5.41) is 38.6. The Morgan fingerprint density at radius 2 is 1.84 bits per heavy atom. The predicted molar refractivity (Wildman–Crippen MR) is 175 cm³/mol. The van der Waals surface area contributed by atoms with Crippen LogP contribution in [0.5, 0.6) is 17.2 Å². The number of aliphatic hydroxyl groups is 1. The molecule has 0 unspecified atom stereocenters. The van der Waals surface area contributed by atoms with E-state index < -0.39 is 83.1 Å². The van der Waals surface area contributed by atoms with E-state index in [9.17, 15) is 29.7 Å². The fourth-order valence-electron chi connectivity index (χ4n) is 8.86. The van der Waals surface area contributed by atoms with Gasteiger partial charge in [-0.25, -0.2) is 0 Å². The highest BCUT2D eigenvalue weighted by molar-refractivity contribution is 6.31. The Hall–Kier alpha value is -3.67. The van der Waals surface area contributed by atoms with Crippen LogP contribution in [0.3, 0.4) is 0 Å². The Morgan fingerprint density at radius 3 is 2.57 bits per heavy atom. The molecule has 15 heteroatoms. The van der Waals surface area contributed by atoms with Crippen LogP contribution in [0.1, 0.15) is 81.7 Å². The molecule has 4 fully saturated rings. The van der Waals surface area contributed by atoms with E-state index in [0.29, 0.717) is 26.1 Å². The maximum absolute atomic E-state index is 14.1. The Labute approximate surface area is 293 Å². The highest BCUT2D eigenvalue weighted by atomic mass is 16.7. The molecule has 1 amide bonds. The number of carbonyl (C=O) groups is 3. The van der Waals surface area contributed by atoms with Crippen molar-refractivity contribution in [1.29, 1.82) is 0 Å². The molecule has 6 aliphatic rings. The van der Waals surface area contributed by atoms with Crippen molar-refractivity contribution >= 4 is 17.5 Å². The molecule has 0 aromatic heterocycles. The standard InChI is InChI=1S/C36H43N3O12/c1-15-32-20(39-7-8-48-34(47-3)33(39)51-32)11-23(49-15)50-22-13-36(45,35(44)38-14-16-9-17(37)10-16)12-19-25(22)31(43)27-26(29(19)41)28(40)18-5-4-6-21(46-2)24(18)30(27)42/h4-6,15-17,20,22-23,32-34,41,43,45H,7-14,37H2,1-3H3,(H,38,44)/t15-,16?,17?,20-,22-,23-,32+,33+,34-,36-/m0/s1. The number of nitrogens with two attached hydrogens (primary N) is 1. The second-order valence-electron chi connectivity index (χ2n) is 14.5. The number of fused-ring (bicyclic) bond motifs is 6. The van der Waals surface area contributed by atoms with Crippen LogP contribution in [0.25, 0.3) is 0 Å². The molecule has 51 heavy (non-hydrogen) atoms. The largest absolute Gasteiger partial charge is 0.507 e. The molecule has 3 heterocycles. The minimum atomic E-state index is -2.12. The van der Waals surface area contributed by atoms with Gasteiger partial charge in [-0.3, -0.25) is 19.3 Å². The molecule has 2 aromatic rings. The summed E-state index contributed by atoms with van der Waals surface area (Å²) in [4.78, 5) is 43.8. The van der Waals surface area contributed by atoms with Crippen molar-refractivity contribution in [1.82, 2.24) is 10.2 Å². The number of ketones is 2. The zero-order valence-electron chi connectivity index (χ0n) is 28.6. The van der Waals surface area contributed by atoms with Crippen molar-refractivity contribution < 1.29 is 58.1 Å². The molecule has 6 N–H and O–H groups in total. The number of carbonyl (C=O) groups excluding carboxylic acids is 3. The fourth-order valence-corrected chi connectivity index (χ4v) is 8.86. The lowest BCUT2D eigenvalue weighted by Crippen LogP contribution is -2.56. The van der Waals surface area contributed by atoms with E-state index in [-0.39, 0.29) is 58.5 Å². The van der Waals surface area contributed by atoms with Gasteiger partial charge in [0.05, 0.1) is 42.6 Å². The quantitative estimate of drug-likeness (QED) is 0.217. The van der Waals surface area contributed by atoms with E-state index in [2.05, 4.69) is 10.2 Å². The molecule has 8 atom stereocenters. The van der Waals surface area contributed by atoms with E-state index in [1.165, 1.54) is 19.2 Å². The number of nitrogens with zero attached hydrogens (tertiary/aromatic N) is 1. The topological polar surface area (TPSA) is 209 Å². The minimum absolute atomic E-state index is 0.00191. The fraction of sp³-hybridized carbons (Fsp3) is 0.583. The summed E-state index contributed by atoms with van der Waals surface area (Å²) in [7, 11) is 2.92. The molecular formula is C36H43N3O12. The average molecular weight is 710 g/mol. The first-order valence-electron chi connectivity index (χ1n) is 17.4. The number of phenols is 2. The normalized spacial score (nSPS) is 35.5. The summed E-state index contributed by atoms with van der Waals surface area (Å²) in [6.07, 6.45) is -2.95. The zero-order valence-corrected chi connectivity index (χ0v) is 28.6. The Kier molecular flexibility index (Phi) is 8.62. The van der Waals surface area contributed by atoms with Crippen LogP contribution in [-0.2, 0) is 34.9 Å². The molecule has 8 rings (SSSR count). The number of ether oxygens (including phenoxy) is 6. The summed E-state index contributed by atoms with van der Waals surface area (Å²) in [6.45, 7) is 3.18. The average Bonchev–Trinajstić information content (AvgIpc) is 3.48. The number of methoxy groups -OCH3 is 2. The first kappa shape index (κ1) is 34.4. The summed E-state index contributed by atoms with van der Waals surface area (Å²) < 4.78 is 35.8. The van der Waals surface area contributed by atoms with Gasteiger partial charge in [0.15, 0.2) is 24.6 Å². The first-order chi connectivity index (χ1) is 24.4. The van der Waals surface area contributed by atoms with Crippen LogP contribution >= 0.6 is 0 Å². The highest BCUT2D eigenvalue weighted by Gasteiger charge is 2.55. The number of morpholine rings is 1. The van der Waals surface area contributed by atoms with Crippen molar-refractivity contribution in [2.45, 2.75) is 93.8 Å². The maximum atomic E-state index is 14.1. The van der Waals surface area contributed by atoms with Gasteiger partial charge in [-0.1, -0.05) is 12.1 Å². The lowest BCUT2D eigenvalue weighted by molar-refractivity contribution is -0.256. The molecule has 15 nitrogen and oxygen atoms in total. The molecule has 3 aliphatic heterocycles. The second-order valence-corrected chi connectivity index (χ2v) is 14.5. The van der Waals surface area contributed by atoms with Crippen molar-refractivity contribution in [3.63, 3.8) is 0 Å². The predicted octanol–water partition coefficient (Wildman–Crippen LogP) is 1.00. The van der Waals surface area contributed by atoms with Gasteiger partial charge in [0.2, 0.25) is 5.78 Å². The summed E-state index contributed by atoms with van der Waals surface area (Å²) in [6, 6.07) is 4.43. The number of hydrogen-bond donors (Lipinski definition) is 5. The molecule has 0 radical (unpaired) electrons. The number of rotatable bonds is 7. The van der Waals surface area contributed by atoms with Gasteiger partial charge >= 0.3 is 0 Å². The molecule has 274 valence electrons. The lowest BCUT2D eigenvalue weighted by Gasteiger charge is -2.43. The van der Waals surface area contributed by atoms with Gasteiger partial charge in [-0.2, -0.15) is 0 Å². The smallest absolute Gasteiger partial charge is 0.252 e. The number of amides is 1. The molecular weight excluding hydrogens is 666 g/mol. The van der Waals surface area contributed by atoms with Crippen molar-refractivity contribution in [2.75, 3.05) is 33.9 Å².